The molecule has 4 rings (SSSR count). The van der Waals surface area contributed by atoms with Gasteiger partial charge in [0.25, 0.3) is 5.91 Å². The SMILES string of the molecule is CN(C)c1nc([C@H]2CCN(C(=O)c3cc(F)cc(F)c3)C2)cn2cccc12. The molecule has 1 saturated heterocycles. The Hall–Kier alpha value is -2.96. The van der Waals surface area contributed by atoms with Crippen LogP contribution in [0.2, 0.25) is 0 Å². The summed E-state index contributed by atoms with van der Waals surface area (Å²) in [7, 11) is 3.89. The van der Waals surface area contributed by atoms with E-state index in [9.17, 15) is 13.6 Å². The summed E-state index contributed by atoms with van der Waals surface area (Å²) in [6.45, 7) is 1.01. The summed E-state index contributed by atoms with van der Waals surface area (Å²) < 4.78 is 28.9. The van der Waals surface area contributed by atoms with E-state index in [1.807, 2.05) is 47.9 Å². The van der Waals surface area contributed by atoms with Gasteiger partial charge in [-0.25, -0.2) is 13.8 Å². The third kappa shape index (κ3) is 3.25. The Bertz CT molecular complexity index is 994. The third-order valence-electron chi connectivity index (χ3n) is 4.94. The highest BCUT2D eigenvalue weighted by Gasteiger charge is 2.30. The van der Waals surface area contributed by atoms with Crippen LogP contribution in [-0.4, -0.2) is 47.4 Å². The number of carbonyl (C=O) groups is 1. The lowest BCUT2D eigenvalue weighted by atomic mass is 10.1. The molecule has 7 heteroatoms. The summed E-state index contributed by atoms with van der Waals surface area (Å²) in [5, 5.41) is 0. The second-order valence-electron chi connectivity index (χ2n) is 7.08. The van der Waals surface area contributed by atoms with Gasteiger partial charge in [0.15, 0.2) is 5.82 Å². The minimum atomic E-state index is -0.746. The van der Waals surface area contributed by atoms with E-state index in [-0.39, 0.29) is 17.4 Å². The topological polar surface area (TPSA) is 40.9 Å². The Morgan fingerprint density at radius 2 is 1.96 bits per heavy atom. The van der Waals surface area contributed by atoms with Gasteiger partial charge >= 0.3 is 0 Å². The fourth-order valence-corrected chi connectivity index (χ4v) is 3.62. The van der Waals surface area contributed by atoms with Crippen molar-refractivity contribution in [1.29, 1.82) is 0 Å². The first kappa shape index (κ1) is 17.5. The van der Waals surface area contributed by atoms with E-state index in [1.165, 1.54) is 0 Å². The molecule has 0 saturated carbocycles. The Labute approximate surface area is 155 Å². The van der Waals surface area contributed by atoms with Crippen molar-refractivity contribution in [3.63, 3.8) is 0 Å². The predicted octanol–water partition coefficient (Wildman–Crippen LogP) is 3.31. The molecule has 1 aliphatic rings. The zero-order valence-electron chi connectivity index (χ0n) is 15.2. The van der Waals surface area contributed by atoms with E-state index in [4.69, 9.17) is 4.98 Å². The number of hydrogen-bond acceptors (Lipinski definition) is 3. The van der Waals surface area contributed by atoms with Crippen molar-refractivity contribution in [3.8, 4) is 0 Å². The highest BCUT2D eigenvalue weighted by Crippen LogP contribution is 2.30. The Morgan fingerprint density at radius 1 is 1.22 bits per heavy atom. The van der Waals surface area contributed by atoms with Crippen LogP contribution in [0.3, 0.4) is 0 Å². The summed E-state index contributed by atoms with van der Waals surface area (Å²) in [6.07, 6.45) is 4.72. The van der Waals surface area contributed by atoms with Gasteiger partial charge in [0.2, 0.25) is 0 Å². The van der Waals surface area contributed by atoms with Gasteiger partial charge in [0.1, 0.15) is 11.6 Å². The average Bonchev–Trinajstić information content (AvgIpc) is 3.28. The Morgan fingerprint density at radius 3 is 2.67 bits per heavy atom. The van der Waals surface area contributed by atoms with Crippen LogP contribution >= 0.6 is 0 Å². The molecule has 0 bridgehead atoms. The van der Waals surface area contributed by atoms with Gasteiger partial charge < -0.3 is 14.2 Å². The number of hydrogen-bond donors (Lipinski definition) is 0. The van der Waals surface area contributed by atoms with Crippen LogP contribution in [0.15, 0.2) is 42.7 Å². The summed E-state index contributed by atoms with van der Waals surface area (Å²) in [4.78, 5) is 21.0. The molecule has 3 aromatic rings. The predicted molar refractivity (Wildman–Crippen MR) is 99.1 cm³/mol. The second kappa shape index (κ2) is 6.64. The number of amides is 1. The molecule has 0 N–H and O–H groups in total. The van der Waals surface area contributed by atoms with Gasteiger partial charge in [-0.2, -0.15) is 0 Å². The van der Waals surface area contributed by atoms with Crippen LogP contribution in [0.25, 0.3) is 5.52 Å². The lowest BCUT2D eigenvalue weighted by Crippen LogP contribution is -2.28. The van der Waals surface area contributed by atoms with E-state index < -0.39 is 11.6 Å². The Kier molecular flexibility index (Phi) is 4.30. The molecule has 27 heavy (non-hydrogen) atoms. The first-order chi connectivity index (χ1) is 12.9. The van der Waals surface area contributed by atoms with Crippen molar-refractivity contribution in [2.75, 3.05) is 32.1 Å². The van der Waals surface area contributed by atoms with Crippen LogP contribution in [0.4, 0.5) is 14.6 Å². The average molecular weight is 370 g/mol. The van der Waals surface area contributed by atoms with Gasteiger partial charge in [-0.05, 0) is 30.7 Å². The molecular formula is C20H20F2N4O. The number of anilines is 1. The number of halogens is 2. The highest BCUT2D eigenvalue weighted by atomic mass is 19.1. The number of benzene rings is 1. The number of carbonyl (C=O) groups excluding carboxylic acids is 1. The number of likely N-dealkylation sites (tertiary alicyclic amines) is 1. The van der Waals surface area contributed by atoms with Crippen molar-refractivity contribution in [2.24, 2.45) is 0 Å². The lowest BCUT2D eigenvalue weighted by molar-refractivity contribution is 0.0789. The summed E-state index contributed by atoms with van der Waals surface area (Å²) in [5.74, 6) is -0.896. The lowest BCUT2D eigenvalue weighted by Gasteiger charge is -2.19. The van der Waals surface area contributed by atoms with E-state index in [2.05, 4.69) is 0 Å². The molecule has 0 spiro atoms. The van der Waals surface area contributed by atoms with Crippen LogP contribution in [0.1, 0.15) is 28.4 Å². The molecule has 1 fully saturated rings. The van der Waals surface area contributed by atoms with Gasteiger partial charge in [-0.15, -0.1) is 0 Å². The first-order valence-corrected chi connectivity index (χ1v) is 8.82. The fourth-order valence-electron chi connectivity index (χ4n) is 3.62. The third-order valence-corrected chi connectivity index (χ3v) is 4.94. The van der Waals surface area contributed by atoms with E-state index in [0.29, 0.717) is 13.1 Å². The van der Waals surface area contributed by atoms with E-state index in [0.717, 1.165) is 41.6 Å². The summed E-state index contributed by atoms with van der Waals surface area (Å²) in [5.41, 5.74) is 1.96. The second-order valence-corrected chi connectivity index (χ2v) is 7.08. The Balaban J connectivity index is 1.59. The molecule has 0 radical (unpaired) electrons. The minimum Gasteiger partial charge on any atom is -0.361 e. The maximum atomic E-state index is 13.4. The minimum absolute atomic E-state index is 0.0379. The number of nitrogens with zero attached hydrogens (tertiary/aromatic N) is 4. The van der Waals surface area contributed by atoms with E-state index in [1.54, 1.807) is 4.90 Å². The number of rotatable bonds is 3. The smallest absolute Gasteiger partial charge is 0.254 e. The van der Waals surface area contributed by atoms with Crippen LogP contribution < -0.4 is 4.90 Å². The molecule has 1 aromatic carbocycles. The standard InChI is InChI=1S/C20H20F2N4O/c1-24(2)19-18-4-3-6-25(18)12-17(23-19)13-5-7-26(11-13)20(27)14-8-15(21)10-16(22)9-14/h3-4,6,8-10,12-13H,5,7,11H2,1-2H3/t13-/m0/s1. The normalized spacial score (nSPS) is 16.9. The van der Waals surface area contributed by atoms with Crippen molar-refractivity contribution < 1.29 is 13.6 Å². The fraction of sp³-hybridized carbons (Fsp3) is 0.300. The van der Waals surface area contributed by atoms with Crippen molar-refractivity contribution >= 4 is 17.2 Å². The maximum absolute atomic E-state index is 13.4. The molecule has 140 valence electrons. The van der Waals surface area contributed by atoms with Crippen LogP contribution in [0.5, 0.6) is 0 Å². The largest absolute Gasteiger partial charge is 0.361 e. The molecule has 1 atom stereocenters. The maximum Gasteiger partial charge on any atom is 0.254 e. The zero-order chi connectivity index (χ0) is 19.1. The van der Waals surface area contributed by atoms with Crippen LogP contribution in [-0.2, 0) is 0 Å². The summed E-state index contributed by atoms with van der Waals surface area (Å²) >= 11 is 0. The highest BCUT2D eigenvalue weighted by molar-refractivity contribution is 5.94. The van der Waals surface area contributed by atoms with Gasteiger partial charge in [0.05, 0.1) is 11.2 Å². The molecule has 1 amide bonds. The number of fused-ring (bicyclic) bond motifs is 1. The van der Waals surface area contributed by atoms with Gasteiger partial charge in [0, 0.05) is 57.1 Å². The van der Waals surface area contributed by atoms with Gasteiger partial charge in [-0.3, -0.25) is 4.79 Å². The van der Waals surface area contributed by atoms with E-state index >= 15 is 0 Å². The molecule has 2 aromatic heterocycles. The first-order valence-electron chi connectivity index (χ1n) is 8.82. The molecular weight excluding hydrogens is 350 g/mol. The molecule has 0 aliphatic carbocycles. The van der Waals surface area contributed by atoms with Gasteiger partial charge in [-0.1, -0.05) is 0 Å². The zero-order valence-corrected chi connectivity index (χ0v) is 15.2. The molecule has 0 unspecified atom stereocenters. The molecule has 5 nitrogen and oxygen atoms in total. The summed E-state index contributed by atoms with van der Waals surface area (Å²) in [6, 6.07) is 6.90. The molecule has 1 aliphatic heterocycles. The van der Waals surface area contributed by atoms with Crippen molar-refractivity contribution in [1.82, 2.24) is 14.3 Å². The quantitative estimate of drug-likeness (QED) is 0.710. The van der Waals surface area contributed by atoms with Crippen LogP contribution in [0, 0.1) is 11.6 Å². The van der Waals surface area contributed by atoms with Crippen molar-refractivity contribution in [3.05, 3.63) is 65.6 Å². The molecule has 3 heterocycles. The van der Waals surface area contributed by atoms with Crippen molar-refractivity contribution in [2.45, 2.75) is 12.3 Å². The number of aromatic nitrogens is 2. The monoisotopic (exact) mass is 370 g/mol.